The van der Waals surface area contributed by atoms with Crippen molar-refractivity contribution in [1.29, 1.82) is 0 Å². The fourth-order valence-corrected chi connectivity index (χ4v) is 2.57. The number of carbonyl (C=O) groups excluding carboxylic acids is 1. The molecule has 0 spiro atoms. The molecule has 2 aromatic carbocycles. The van der Waals surface area contributed by atoms with Gasteiger partial charge in [0.25, 0.3) is 0 Å². The molecule has 0 saturated heterocycles. The zero-order chi connectivity index (χ0) is 16.9. The lowest BCUT2D eigenvalue weighted by atomic mass is 10.1. The number of furan rings is 1. The first kappa shape index (κ1) is 15.9. The van der Waals surface area contributed by atoms with Gasteiger partial charge in [0.15, 0.2) is 0 Å². The van der Waals surface area contributed by atoms with Gasteiger partial charge in [-0.1, -0.05) is 36.4 Å². The van der Waals surface area contributed by atoms with Crippen LogP contribution in [0.5, 0.6) is 0 Å². The Balaban J connectivity index is 1.70. The summed E-state index contributed by atoms with van der Waals surface area (Å²) in [6.45, 7) is 4.07. The van der Waals surface area contributed by atoms with Crippen molar-refractivity contribution in [3.05, 3.63) is 72.0 Å². The Morgan fingerprint density at radius 3 is 2.46 bits per heavy atom. The van der Waals surface area contributed by atoms with E-state index in [9.17, 15) is 4.79 Å². The van der Waals surface area contributed by atoms with Crippen molar-refractivity contribution in [3.63, 3.8) is 0 Å². The molecule has 4 nitrogen and oxygen atoms in total. The monoisotopic (exact) mass is 320 g/mol. The molecule has 2 N–H and O–H groups in total. The van der Waals surface area contributed by atoms with Gasteiger partial charge in [-0.05, 0) is 36.8 Å². The van der Waals surface area contributed by atoms with E-state index in [0.29, 0.717) is 6.54 Å². The number of amides is 1. The summed E-state index contributed by atoms with van der Waals surface area (Å²) in [4.78, 5) is 11.2. The fourth-order valence-electron chi connectivity index (χ4n) is 2.57. The normalized spacial score (nSPS) is 10.4. The van der Waals surface area contributed by atoms with Crippen LogP contribution in [0, 0.1) is 6.92 Å². The summed E-state index contributed by atoms with van der Waals surface area (Å²) in [6, 6.07) is 19.8. The first-order valence-electron chi connectivity index (χ1n) is 7.88. The summed E-state index contributed by atoms with van der Waals surface area (Å²) in [5, 5.41) is 6.20. The van der Waals surface area contributed by atoms with Crippen LogP contribution in [-0.4, -0.2) is 5.91 Å². The predicted octanol–water partition coefficient (Wildman–Crippen LogP) is 4.83. The van der Waals surface area contributed by atoms with Gasteiger partial charge in [-0.25, -0.2) is 0 Å². The Labute approximate surface area is 141 Å². The van der Waals surface area contributed by atoms with Crippen LogP contribution in [-0.2, 0) is 11.3 Å². The average Bonchev–Trinajstić information content (AvgIpc) is 3.05. The number of hydrogen-bond acceptors (Lipinski definition) is 3. The molecule has 1 amide bonds. The molecule has 0 fully saturated rings. The standard InChI is InChI=1S/C20H20N2O2/c1-14-18(9-6-10-19(14)22-15(2)23)21-13-17-11-12-20(24-17)16-7-4-3-5-8-16/h3-12,21H,13H2,1-2H3,(H,22,23). The molecule has 3 rings (SSSR count). The second-order valence-corrected chi connectivity index (χ2v) is 5.64. The van der Waals surface area contributed by atoms with Gasteiger partial charge < -0.3 is 15.1 Å². The molecule has 1 heterocycles. The van der Waals surface area contributed by atoms with E-state index in [4.69, 9.17) is 4.42 Å². The summed E-state index contributed by atoms with van der Waals surface area (Å²) in [5.74, 6) is 1.64. The topological polar surface area (TPSA) is 54.3 Å². The van der Waals surface area contributed by atoms with E-state index in [1.54, 1.807) is 0 Å². The van der Waals surface area contributed by atoms with Crippen LogP contribution in [0.4, 0.5) is 11.4 Å². The molecule has 122 valence electrons. The van der Waals surface area contributed by atoms with Crippen molar-refractivity contribution < 1.29 is 9.21 Å². The second kappa shape index (κ2) is 7.04. The predicted molar refractivity (Wildman–Crippen MR) is 97.0 cm³/mol. The van der Waals surface area contributed by atoms with Crippen LogP contribution in [0.25, 0.3) is 11.3 Å². The summed E-state index contributed by atoms with van der Waals surface area (Å²) in [5.41, 5.74) is 3.85. The molecule has 0 unspecified atom stereocenters. The quantitative estimate of drug-likeness (QED) is 0.708. The number of benzene rings is 2. The Kier molecular flexibility index (Phi) is 4.66. The van der Waals surface area contributed by atoms with E-state index >= 15 is 0 Å². The Hall–Kier alpha value is -3.01. The highest BCUT2D eigenvalue weighted by molar-refractivity contribution is 5.90. The van der Waals surface area contributed by atoms with Crippen molar-refractivity contribution in [2.45, 2.75) is 20.4 Å². The van der Waals surface area contributed by atoms with Crippen molar-refractivity contribution >= 4 is 17.3 Å². The number of nitrogens with one attached hydrogen (secondary N) is 2. The lowest BCUT2D eigenvalue weighted by Crippen LogP contribution is -2.08. The second-order valence-electron chi connectivity index (χ2n) is 5.64. The van der Waals surface area contributed by atoms with E-state index < -0.39 is 0 Å². The molecule has 4 heteroatoms. The minimum absolute atomic E-state index is 0.0752. The van der Waals surface area contributed by atoms with Crippen LogP contribution in [0.1, 0.15) is 18.2 Å². The van der Waals surface area contributed by atoms with Crippen molar-refractivity contribution in [3.8, 4) is 11.3 Å². The Bertz CT molecular complexity index is 838. The van der Waals surface area contributed by atoms with Gasteiger partial charge in [0, 0.05) is 23.9 Å². The molecule has 0 aliphatic carbocycles. The lowest BCUT2D eigenvalue weighted by molar-refractivity contribution is -0.114. The van der Waals surface area contributed by atoms with Crippen LogP contribution < -0.4 is 10.6 Å². The van der Waals surface area contributed by atoms with E-state index in [0.717, 1.165) is 34.0 Å². The van der Waals surface area contributed by atoms with Crippen molar-refractivity contribution in [1.82, 2.24) is 0 Å². The van der Waals surface area contributed by atoms with Crippen LogP contribution in [0.2, 0.25) is 0 Å². The molecule has 0 aliphatic heterocycles. The molecule has 3 aromatic rings. The molecule has 0 saturated carbocycles. The fraction of sp³-hybridized carbons (Fsp3) is 0.150. The zero-order valence-corrected chi connectivity index (χ0v) is 13.8. The Morgan fingerprint density at radius 1 is 0.958 bits per heavy atom. The zero-order valence-electron chi connectivity index (χ0n) is 13.8. The number of carbonyl (C=O) groups is 1. The minimum atomic E-state index is -0.0752. The van der Waals surface area contributed by atoms with Crippen LogP contribution >= 0.6 is 0 Å². The third-order valence-electron chi connectivity index (χ3n) is 3.82. The summed E-state index contributed by atoms with van der Waals surface area (Å²) in [7, 11) is 0. The third kappa shape index (κ3) is 3.66. The van der Waals surface area contributed by atoms with Gasteiger partial charge in [-0.3, -0.25) is 4.79 Å². The molecule has 0 bridgehead atoms. The van der Waals surface area contributed by atoms with E-state index in [-0.39, 0.29) is 5.91 Å². The van der Waals surface area contributed by atoms with Gasteiger partial charge in [0.05, 0.1) is 6.54 Å². The smallest absolute Gasteiger partial charge is 0.221 e. The molecular weight excluding hydrogens is 300 g/mol. The van der Waals surface area contributed by atoms with Gasteiger partial charge in [-0.2, -0.15) is 0 Å². The molecule has 0 aliphatic rings. The Morgan fingerprint density at radius 2 is 1.71 bits per heavy atom. The first-order valence-corrected chi connectivity index (χ1v) is 7.88. The van der Waals surface area contributed by atoms with Crippen LogP contribution in [0.15, 0.2) is 65.1 Å². The first-order chi connectivity index (χ1) is 11.6. The summed E-state index contributed by atoms with van der Waals surface area (Å²) in [6.07, 6.45) is 0. The van der Waals surface area contributed by atoms with Crippen LogP contribution in [0.3, 0.4) is 0 Å². The van der Waals surface area contributed by atoms with E-state index in [2.05, 4.69) is 10.6 Å². The summed E-state index contributed by atoms with van der Waals surface area (Å²) >= 11 is 0. The minimum Gasteiger partial charge on any atom is -0.459 e. The highest BCUT2D eigenvalue weighted by atomic mass is 16.3. The average molecular weight is 320 g/mol. The summed E-state index contributed by atoms with van der Waals surface area (Å²) < 4.78 is 5.89. The highest BCUT2D eigenvalue weighted by Gasteiger charge is 2.07. The maximum absolute atomic E-state index is 11.2. The maximum atomic E-state index is 11.2. The van der Waals surface area contributed by atoms with Crippen molar-refractivity contribution in [2.24, 2.45) is 0 Å². The van der Waals surface area contributed by atoms with Gasteiger partial charge >= 0.3 is 0 Å². The van der Waals surface area contributed by atoms with E-state index in [1.165, 1.54) is 6.92 Å². The number of hydrogen-bond donors (Lipinski definition) is 2. The SMILES string of the molecule is CC(=O)Nc1cccc(NCc2ccc(-c3ccccc3)o2)c1C. The molecule has 0 radical (unpaired) electrons. The van der Waals surface area contributed by atoms with Gasteiger partial charge in [0.2, 0.25) is 5.91 Å². The lowest BCUT2D eigenvalue weighted by Gasteiger charge is -2.12. The van der Waals surface area contributed by atoms with E-state index in [1.807, 2.05) is 67.6 Å². The highest BCUT2D eigenvalue weighted by Crippen LogP contribution is 2.25. The largest absolute Gasteiger partial charge is 0.459 e. The maximum Gasteiger partial charge on any atom is 0.221 e. The molecule has 0 atom stereocenters. The molecule has 1 aromatic heterocycles. The van der Waals surface area contributed by atoms with Gasteiger partial charge in [-0.15, -0.1) is 0 Å². The third-order valence-corrected chi connectivity index (χ3v) is 3.82. The molecular formula is C20H20N2O2. The molecule has 24 heavy (non-hydrogen) atoms. The number of rotatable bonds is 5. The number of anilines is 2. The van der Waals surface area contributed by atoms with Crippen molar-refractivity contribution in [2.75, 3.05) is 10.6 Å². The van der Waals surface area contributed by atoms with Gasteiger partial charge in [0.1, 0.15) is 11.5 Å².